The number of carbonyl (C=O) groups excluding carboxylic acids is 2. The number of Topliss-reactive ketones (excluding diaryl/α,β-unsaturated/α-hetero) is 2. The monoisotopic (exact) mass is 1670 g/mol. The largest absolute Gasteiger partial charge is 0.871 e. The number of anilines is 8. The molecule has 10 aromatic carbocycles. The number of hydrogen-bond acceptors (Lipinski definition) is 14. The maximum Gasteiger partial charge on any atom is 0.516 e. The molecule has 0 spiro atoms. The summed E-state index contributed by atoms with van der Waals surface area (Å²) in [5.74, 6) is -3.17. The normalized spacial score (nSPS) is 15.6. The summed E-state index contributed by atoms with van der Waals surface area (Å²) >= 11 is 0. The number of allylic oxidation sites excluding steroid dienone is 10. The number of aryl methyl sites for hydroxylation is 8. The van der Waals surface area contributed by atoms with E-state index in [1.165, 1.54) is 24.3 Å². The predicted molar refractivity (Wildman–Crippen MR) is 464 cm³/mol. The number of halogens is 3. The van der Waals surface area contributed by atoms with Crippen LogP contribution in [0.4, 0.5) is 81.4 Å². The Hall–Kier alpha value is -13.2. The van der Waals surface area contributed by atoms with Gasteiger partial charge in [0.05, 0.1) is 41.5 Å². The molecule has 0 fully saturated rings. The van der Waals surface area contributed by atoms with E-state index in [0.29, 0.717) is 28.5 Å². The van der Waals surface area contributed by atoms with Crippen molar-refractivity contribution in [1.29, 1.82) is 0 Å². The molecule has 4 N–H and O–H groups in total. The third kappa shape index (κ3) is 18.6. The zero-order valence-corrected chi connectivity index (χ0v) is 69.6. The highest BCUT2D eigenvalue weighted by molar-refractivity contribution is 7.93. The van der Waals surface area contributed by atoms with E-state index in [2.05, 4.69) is 14.2 Å². The quantitative estimate of drug-likeness (QED) is 0.0408. The van der Waals surface area contributed by atoms with Crippen molar-refractivity contribution in [3.63, 3.8) is 0 Å². The number of nitrogens with one attached hydrogen (secondary N) is 4. The average molecular weight is 1680 g/mol. The van der Waals surface area contributed by atoms with Gasteiger partial charge in [-0.3, -0.25) is 28.5 Å². The first-order valence-electron chi connectivity index (χ1n) is 37.2. The lowest BCUT2D eigenvalue weighted by molar-refractivity contribution is -0.298. The lowest BCUT2D eigenvalue weighted by Crippen LogP contribution is -2.34. The van der Waals surface area contributed by atoms with Crippen molar-refractivity contribution in [2.24, 2.45) is 0 Å². The molecule has 10 aromatic rings. The molecule has 0 saturated carbocycles. The Morgan fingerprint density at radius 3 is 0.807 bits per heavy atom. The number of hydrogen-bond donors (Lipinski definition) is 4. The van der Waals surface area contributed by atoms with Gasteiger partial charge in [-0.05, 0) is 140 Å². The van der Waals surface area contributed by atoms with E-state index in [0.717, 1.165) is 103 Å². The molecular formula is C92H81F3N8O12S4. The molecule has 0 atom stereocenters. The molecule has 0 heterocycles. The summed E-state index contributed by atoms with van der Waals surface area (Å²) < 4.78 is 156. The van der Waals surface area contributed by atoms with Crippen LogP contribution in [-0.4, -0.2) is 80.9 Å². The van der Waals surface area contributed by atoms with Crippen LogP contribution in [0.1, 0.15) is 55.6 Å². The molecule has 14 rings (SSSR count). The third-order valence-electron chi connectivity index (χ3n) is 19.7. The lowest BCUT2D eigenvalue weighted by Gasteiger charge is -2.34. The maximum atomic E-state index is 14.2. The van der Waals surface area contributed by atoms with E-state index in [1.54, 1.807) is 76.4 Å². The van der Waals surface area contributed by atoms with Gasteiger partial charge >= 0.3 is 15.5 Å². The second kappa shape index (κ2) is 33.1. The van der Waals surface area contributed by atoms with Crippen molar-refractivity contribution >= 4 is 142 Å². The summed E-state index contributed by atoms with van der Waals surface area (Å²) in [5.41, 5.74) is 7.61. The highest BCUT2D eigenvalue weighted by Gasteiger charge is 2.47. The van der Waals surface area contributed by atoms with E-state index in [9.17, 15) is 66.6 Å². The Balaban J connectivity index is 0.000000206. The average Bonchev–Trinajstić information content (AvgIpc) is 0.731. The van der Waals surface area contributed by atoms with Crippen LogP contribution < -0.4 is 48.1 Å². The number of ketones is 2. The summed E-state index contributed by atoms with van der Waals surface area (Å²) in [6, 6.07) is 69.8. The maximum absolute atomic E-state index is 14.2. The van der Waals surface area contributed by atoms with Gasteiger partial charge in [-0.15, -0.1) is 0 Å². The van der Waals surface area contributed by atoms with Crippen LogP contribution in [0.5, 0.6) is 0 Å². The van der Waals surface area contributed by atoms with Crippen LogP contribution in [-0.2, 0) is 49.7 Å². The number of rotatable bonds is 20. The van der Waals surface area contributed by atoms with Gasteiger partial charge in [0.1, 0.15) is 0 Å². The number of nitrogens with zero attached hydrogens (tertiary/aromatic N) is 4. The minimum Gasteiger partial charge on any atom is -0.871 e. The number of carbonyl (C=O) groups is 2. The summed E-state index contributed by atoms with van der Waals surface area (Å²) in [6.45, 7) is 15.6. The number of alkyl halides is 3. The fraction of sp³-hybridized carbons (Fsp3) is 0.130. The number of sulfonamides is 4. The smallest absolute Gasteiger partial charge is 0.516 e. The summed E-state index contributed by atoms with van der Waals surface area (Å²) in [5, 5.41) is 28.4. The third-order valence-corrected chi connectivity index (χ3v) is 22.6. The topological polar surface area (TPSA) is 277 Å². The van der Waals surface area contributed by atoms with Crippen molar-refractivity contribution in [2.45, 2.75) is 60.9 Å². The van der Waals surface area contributed by atoms with Crippen LogP contribution in [0, 0.1) is 55.4 Å². The molecule has 119 heavy (non-hydrogen) atoms. The Kier molecular flexibility index (Phi) is 23.3. The molecule has 0 bridgehead atoms. The molecule has 4 aliphatic carbocycles. The SMILES string of the molecule is Cc1ccc(N(c2ccc(C)cc2)c2ccc(C3=C([O-])/C(=C4/C=CC(=[N+](c5ccc(C)cc5)c5ccc(C)cc5)C=C4NS(C)(=O)=O)C3=O)c(NS(C)(=O)=O)c2)cc1.Cc1ccc(N(c2ccc(C)cc2)c2ccc(C3=C([O-])C(=C4C=CC(=[N+](c5ccc(C)cc5)c5ccc(C)cc5)C=C4NS(C)(=O)=O)C3=O)c(NS(=O)(=O)C(F)(F)F)c2)cc1. The Morgan fingerprint density at radius 2 is 0.563 bits per heavy atom. The van der Waals surface area contributed by atoms with E-state index in [4.69, 9.17) is 0 Å². The van der Waals surface area contributed by atoms with E-state index >= 15 is 0 Å². The standard InChI is InChI=1S/C46H39F3N4O6S2.C46H42N4O6S2/c1-28-6-14-32(15-7-28)52(33-16-8-29(2)9-17-33)36-22-24-38(40(26-36)50-60(5,56)57)42-44(54)43(45(42)55)39-25-23-37(27-41(39)51-61(58,59)46(47,48)49)53(34-18-10-30(3)11-19-34)35-20-12-31(4)13-21-35;1-29-7-15-33(16-8-29)49(34-17-9-30(2)10-18-34)37-23-25-39(41(27-37)47-57(5,53)54)43-45(51)44(46(43)52)40-26-24-38(28-42(40)48-58(6,55)56)50(35-19-11-31(3)12-20-35)36-21-13-32(4)14-22-36/h6-27H,1-5H3,(H2,50,51,54,55);7-28H,1-6H3,(H2,47,48,51,52). The summed E-state index contributed by atoms with van der Waals surface area (Å²) in [7, 11) is -17.8. The second-order valence-electron chi connectivity index (χ2n) is 29.4. The summed E-state index contributed by atoms with van der Waals surface area (Å²) in [6.07, 6.45) is 12.3. The van der Waals surface area contributed by atoms with Crippen molar-refractivity contribution < 1.29 is 66.6 Å². The van der Waals surface area contributed by atoms with E-state index in [-0.39, 0.29) is 50.6 Å². The van der Waals surface area contributed by atoms with Gasteiger partial charge in [0.25, 0.3) is 0 Å². The van der Waals surface area contributed by atoms with Gasteiger partial charge in [0.15, 0.2) is 11.6 Å². The zero-order valence-electron chi connectivity index (χ0n) is 66.4. The van der Waals surface area contributed by atoms with Gasteiger partial charge in [0.2, 0.25) is 64.2 Å². The molecule has 4 aliphatic rings. The van der Waals surface area contributed by atoms with Crippen LogP contribution in [0.3, 0.4) is 0 Å². The van der Waals surface area contributed by atoms with Crippen molar-refractivity contribution in [2.75, 3.05) is 38.0 Å². The van der Waals surface area contributed by atoms with Crippen molar-refractivity contribution in [3.05, 3.63) is 368 Å². The van der Waals surface area contributed by atoms with Crippen LogP contribution in [0.15, 0.2) is 312 Å². The minimum atomic E-state index is -6.06. The zero-order chi connectivity index (χ0) is 85.5. The lowest BCUT2D eigenvalue weighted by atomic mass is 9.79. The van der Waals surface area contributed by atoms with Crippen molar-refractivity contribution in [1.82, 2.24) is 18.6 Å². The minimum absolute atomic E-state index is 0.0386. The molecule has 606 valence electrons. The molecule has 27 heteroatoms. The summed E-state index contributed by atoms with van der Waals surface area (Å²) in [4.78, 5) is 32.0. The van der Waals surface area contributed by atoms with Gasteiger partial charge in [-0.25, -0.2) is 25.3 Å². The number of benzene rings is 10. The van der Waals surface area contributed by atoms with E-state index in [1.807, 2.05) is 239 Å². The molecular weight excluding hydrogens is 1590 g/mol. The van der Waals surface area contributed by atoms with Gasteiger partial charge < -0.3 is 20.0 Å². The molecule has 0 amide bonds. The van der Waals surface area contributed by atoms with Gasteiger partial charge in [0, 0.05) is 152 Å². The van der Waals surface area contributed by atoms with Crippen LogP contribution in [0.2, 0.25) is 0 Å². The molecule has 0 aliphatic heterocycles. The molecule has 0 radical (unpaired) electrons. The fourth-order valence-electron chi connectivity index (χ4n) is 13.8. The van der Waals surface area contributed by atoms with Crippen LogP contribution >= 0.6 is 0 Å². The van der Waals surface area contributed by atoms with Crippen molar-refractivity contribution in [3.8, 4) is 0 Å². The fourth-order valence-corrected chi connectivity index (χ4v) is 16.1. The highest BCUT2D eigenvalue weighted by Crippen LogP contribution is 2.48. The van der Waals surface area contributed by atoms with Gasteiger partial charge in [-0.1, -0.05) is 165 Å². The first-order chi connectivity index (χ1) is 56.2. The Labute approximate surface area is 689 Å². The Bertz CT molecular complexity index is 6450. The Morgan fingerprint density at radius 1 is 0.319 bits per heavy atom. The predicted octanol–water partition coefficient (Wildman–Crippen LogP) is 16.3. The molecule has 0 unspecified atom stereocenters. The van der Waals surface area contributed by atoms with E-state index < -0.39 is 91.1 Å². The molecule has 0 aromatic heterocycles. The first-order valence-corrected chi connectivity index (χ1v) is 44.3. The first kappa shape index (κ1) is 83.7. The second-order valence-corrected chi connectivity index (χ2v) is 36.4. The molecule has 0 saturated heterocycles. The highest BCUT2D eigenvalue weighted by atomic mass is 32.2. The van der Waals surface area contributed by atoms with Gasteiger partial charge in [-0.2, -0.15) is 30.7 Å². The van der Waals surface area contributed by atoms with Crippen LogP contribution in [0.25, 0.3) is 11.1 Å². The molecule has 20 nitrogen and oxygen atoms in total.